The maximum atomic E-state index is 12.9. The summed E-state index contributed by atoms with van der Waals surface area (Å²) in [7, 11) is -2.99. The Labute approximate surface area is 148 Å². The highest BCUT2D eigenvalue weighted by atomic mass is 32.2. The molecule has 1 aliphatic rings. The van der Waals surface area contributed by atoms with Crippen LogP contribution < -0.4 is 5.32 Å². The Morgan fingerprint density at radius 1 is 1.23 bits per heavy atom. The fraction of sp³-hybridized carbons (Fsp3) is 0.643. The normalized spacial score (nSPS) is 17.7. The van der Waals surface area contributed by atoms with Gasteiger partial charge in [-0.2, -0.15) is 17.7 Å². The molecule has 0 radical (unpaired) electrons. The number of hydrogen-bond donors (Lipinski definition) is 1. The van der Waals surface area contributed by atoms with Crippen LogP contribution in [0.1, 0.15) is 18.7 Å². The summed E-state index contributed by atoms with van der Waals surface area (Å²) in [6.45, 7) is 1.93. The van der Waals surface area contributed by atoms with Gasteiger partial charge in [-0.05, 0) is 25.0 Å². The van der Waals surface area contributed by atoms with Crippen LogP contribution in [0, 0.1) is 0 Å². The first-order chi connectivity index (χ1) is 12.1. The molecule has 0 atom stereocenters. The molecule has 3 heterocycles. The molecule has 2 aromatic rings. The predicted octanol–water partition coefficient (Wildman–Crippen LogP) is 1.06. The largest absolute Gasteiger partial charge is 0.453 e. The van der Waals surface area contributed by atoms with Gasteiger partial charge >= 0.3 is 6.18 Å². The summed E-state index contributed by atoms with van der Waals surface area (Å²) in [5, 5.41) is 13.7. The van der Waals surface area contributed by atoms with Crippen molar-refractivity contribution in [1.82, 2.24) is 24.7 Å². The van der Waals surface area contributed by atoms with Gasteiger partial charge in [-0.3, -0.25) is 0 Å². The molecule has 0 aliphatic carbocycles. The van der Waals surface area contributed by atoms with Crippen molar-refractivity contribution < 1.29 is 21.6 Å². The van der Waals surface area contributed by atoms with Gasteiger partial charge in [0, 0.05) is 31.9 Å². The lowest BCUT2D eigenvalue weighted by Crippen LogP contribution is -2.41. The molecule has 26 heavy (non-hydrogen) atoms. The van der Waals surface area contributed by atoms with Crippen LogP contribution >= 0.6 is 0 Å². The van der Waals surface area contributed by atoms with Crippen molar-refractivity contribution in [1.29, 1.82) is 0 Å². The molecule has 0 saturated carbocycles. The molecule has 1 aliphatic heterocycles. The number of nitrogens with zero attached hydrogens (tertiary/aromatic N) is 5. The van der Waals surface area contributed by atoms with E-state index in [1.54, 1.807) is 6.07 Å². The van der Waals surface area contributed by atoms with Crippen LogP contribution in [0.5, 0.6) is 0 Å². The SMILES string of the molecule is CS(=O)(=O)CCN1CCC(Nc2ccc3nnc(C(F)(F)F)n3n2)CC1. The minimum absolute atomic E-state index is 0.0264. The molecular formula is C14H19F3N6O2S. The van der Waals surface area contributed by atoms with Crippen LogP contribution in [-0.4, -0.2) is 70.8 Å². The van der Waals surface area contributed by atoms with Crippen molar-refractivity contribution in [3.05, 3.63) is 18.0 Å². The molecule has 0 amide bonds. The Morgan fingerprint density at radius 2 is 1.92 bits per heavy atom. The Bertz CT molecular complexity index is 874. The van der Waals surface area contributed by atoms with E-state index < -0.39 is 21.8 Å². The van der Waals surface area contributed by atoms with Gasteiger partial charge in [0.1, 0.15) is 15.7 Å². The van der Waals surface area contributed by atoms with Gasteiger partial charge in [0.25, 0.3) is 5.82 Å². The third kappa shape index (κ3) is 4.61. The van der Waals surface area contributed by atoms with Gasteiger partial charge < -0.3 is 10.2 Å². The molecule has 0 aromatic carbocycles. The van der Waals surface area contributed by atoms with Gasteiger partial charge in [-0.1, -0.05) is 0 Å². The number of hydrogen-bond acceptors (Lipinski definition) is 7. The zero-order chi connectivity index (χ0) is 18.9. The standard InChI is InChI=1S/C14H19F3N6O2S/c1-26(24,25)9-8-22-6-4-10(5-7-22)18-11-2-3-12-19-20-13(14(15,16)17)23(12)21-11/h2-3,10H,4-9H2,1H3,(H,18,21). The number of nitrogens with one attached hydrogen (secondary N) is 1. The highest BCUT2D eigenvalue weighted by Crippen LogP contribution is 2.27. The summed E-state index contributed by atoms with van der Waals surface area (Å²) in [5.74, 6) is -0.721. The average Bonchev–Trinajstić information content (AvgIpc) is 2.97. The first-order valence-electron chi connectivity index (χ1n) is 8.08. The molecular weight excluding hydrogens is 373 g/mol. The summed E-state index contributed by atoms with van der Waals surface area (Å²) in [6, 6.07) is 3.05. The zero-order valence-electron chi connectivity index (χ0n) is 14.1. The first kappa shape index (κ1) is 18.8. The maximum absolute atomic E-state index is 12.9. The molecule has 0 unspecified atom stereocenters. The zero-order valence-corrected chi connectivity index (χ0v) is 14.9. The third-order valence-corrected chi connectivity index (χ3v) is 5.16. The van der Waals surface area contributed by atoms with Crippen LogP contribution in [0.3, 0.4) is 0 Å². The van der Waals surface area contributed by atoms with E-state index in [9.17, 15) is 21.6 Å². The van der Waals surface area contributed by atoms with Crippen LogP contribution in [0.4, 0.5) is 19.0 Å². The fourth-order valence-corrected chi connectivity index (χ4v) is 3.44. The topological polar surface area (TPSA) is 92.5 Å². The maximum Gasteiger partial charge on any atom is 0.453 e. The third-order valence-electron chi connectivity index (χ3n) is 4.23. The Morgan fingerprint density at radius 3 is 2.54 bits per heavy atom. The lowest BCUT2D eigenvalue weighted by Gasteiger charge is -2.32. The fourth-order valence-electron chi connectivity index (χ4n) is 2.85. The van der Waals surface area contributed by atoms with Gasteiger partial charge in [0.2, 0.25) is 0 Å². The second kappa shape index (κ2) is 6.99. The molecule has 144 valence electrons. The van der Waals surface area contributed by atoms with Crippen LogP contribution in [0.15, 0.2) is 12.1 Å². The quantitative estimate of drug-likeness (QED) is 0.813. The molecule has 0 spiro atoms. The number of aromatic nitrogens is 4. The van der Waals surface area contributed by atoms with E-state index in [1.165, 1.54) is 12.3 Å². The van der Waals surface area contributed by atoms with Crippen molar-refractivity contribution in [3.8, 4) is 0 Å². The van der Waals surface area contributed by atoms with E-state index in [4.69, 9.17) is 0 Å². The van der Waals surface area contributed by atoms with Gasteiger partial charge in [-0.25, -0.2) is 8.42 Å². The number of piperidine rings is 1. The summed E-state index contributed by atoms with van der Waals surface area (Å²) in [5.41, 5.74) is 0.0264. The van der Waals surface area contributed by atoms with E-state index in [0.717, 1.165) is 25.9 Å². The Hall–Kier alpha value is -1.95. The predicted molar refractivity (Wildman–Crippen MR) is 88.6 cm³/mol. The number of sulfone groups is 1. The van der Waals surface area contributed by atoms with Crippen molar-refractivity contribution in [2.45, 2.75) is 25.1 Å². The molecule has 12 heteroatoms. The molecule has 0 bridgehead atoms. The lowest BCUT2D eigenvalue weighted by atomic mass is 10.1. The van der Waals surface area contributed by atoms with E-state index in [2.05, 4.69) is 25.5 Å². The summed E-state index contributed by atoms with van der Waals surface area (Å²) < 4.78 is 61.9. The number of anilines is 1. The number of halogens is 3. The van der Waals surface area contributed by atoms with Crippen molar-refractivity contribution >= 4 is 21.3 Å². The van der Waals surface area contributed by atoms with Crippen molar-refractivity contribution in [2.75, 3.05) is 37.0 Å². The smallest absolute Gasteiger partial charge is 0.366 e. The Balaban J connectivity index is 1.62. The Kier molecular flexibility index (Phi) is 5.06. The van der Waals surface area contributed by atoms with Crippen molar-refractivity contribution in [2.24, 2.45) is 0 Å². The van der Waals surface area contributed by atoms with Crippen LogP contribution in [0.25, 0.3) is 5.65 Å². The molecule has 1 N–H and O–H groups in total. The molecule has 8 nitrogen and oxygen atoms in total. The van der Waals surface area contributed by atoms with Gasteiger partial charge in [-0.15, -0.1) is 15.3 Å². The van der Waals surface area contributed by atoms with Crippen LogP contribution in [0.2, 0.25) is 0 Å². The van der Waals surface area contributed by atoms with E-state index in [1.807, 2.05) is 0 Å². The monoisotopic (exact) mass is 392 g/mol. The highest BCUT2D eigenvalue weighted by Gasteiger charge is 2.37. The number of likely N-dealkylation sites (tertiary alicyclic amines) is 1. The second-order valence-corrected chi connectivity index (χ2v) is 8.66. The summed E-state index contributed by atoms with van der Waals surface area (Å²) >= 11 is 0. The van der Waals surface area contributed by atoms with E-state index in [-0.39, 0.29) is 17.4 Å². The van der Waals surface area contributed by atoms with Crippen molar-refractivity contribution in [3.63, 3.8) is 0 Å². The van der Waals surface area contributed by atoms with E-state index in [0.29, 0.717) is 16.9 Å². The summed E-state index contributed by atoms with van der Waals surface area (Å²) in [6.07, 6.45) is -1.92. The molecule has 2 aromatic heterocycles. The average molecular weight is 392 g/mol. The minimum atomic E-state index is -4.63. The second-order valence-electron chi connectivity index (χ2n) is 6.40. The first-order valence-corrected chi connectivity index (χ1v) is 10.1. The molecule has 1 fully saturated rings. The number of fused-ring (bicyclic) bond motifs is 1. The van der Waals surface area contributed by atoms with Gasteiger partial charge in [0.05, 0.1) is 5.75 Å². The lowest BCUT2D eigenvalue weighted by molar-refractivity contribution is -0.146. The minimum Gasteiger partial charge on any atom is -0.366 e. The van der Waals surface area contributed by atoms with Crippen LogP contribution in [-0.2, 0) is 16.0 Å². The number of rotatable bonds is 5. The van der Waals surface area contributed by atoms with E-state index >= 15 is 0 Å². The summed E-state index contributed by atoms with van der Waals surface area (Å²) in [4.78, 5) is 2.07. The molecule has 1 saturated heterocycles. The highest BCUT2D eigenvalue weighted by molar-refractivity contribution is 7.90. The number of alkyl halides is 3. The molecule has 3 rings (SSSR count). The van der Waals surface area contributed by atoms with Gasteiger partial charge in [0.15, 0.2) is 5.65 Å².